The first-order valence-corrected chi connectivity index (χ1v) is 10.0. The molecule has 1 aliphatic rings. The van der Waals surface area contributed by atoms with Gasteiger partial charge in [0.25, 0.3) is 5.91 Å². The molecule has 0 radical (unpaired) electrons. The molecule has 27 heavy (non-hydrogen) atoms. The Morgan fingerprint density at radius 3 is 2.48 bits per heavy atom. The second-order valence-electron chi connectivity index (χ2n) is 7.31. The molecule has 7 heteroatoms. The largest absolute Gasteiger partial charge is 0.377 e. The number of nitrogens with one attached hydrogen (secondary N) is 2. The van der Waals surface area contributed by atoms with Crippen LogP contribution >= 0.6 is 15.9 Å². The summed E-state index contributed by atoms with van der Waals surface area (Å²) in [6, 6.07) is 4.48. The third-order valence-electron chi connectivity index (χ3n) is 4.94. The summed E-state index contributed by atoms with van der Waals surface area (Å²) in [6.07, 6.45) is 9.11. The first kappa shape index (κ1) is 19.6. The molecule has 2 N–H and O–H groups in total. The molecule has 0 spiro atoms. The zero-order chi connectivity index (χ0) is 19.4. The Morgan fingerprint density at radius 1 is 1.11 bits per heavy atom. The minimum absolute atomic E-state index is 0.0592. The van der Waals surface area contributed by atoms with Gasteiger partial charge in [0.15, 0.2) is 0 Å². The number of hydrogen-bond donors (Lipinski definition) is 2. The van der Waals surface area contributed by atoms with E-state index in [4.69, 9.17) is 0 Å². The minimum Gasteiger partial charge on any atom is -0.377 e. The van der Waals surface area contributed by atoms with Gasteiger partial charge in [-0.2, -0.15) is 0 Å². The van der Waals surface area contributed by atoms with Crippen molar-refractivity contribution in [3.05, 3.63) is 46.3 Å². The van der Waals surface area contributed by atoms with Gasteiger partial charge in [-0.1, -0.05) is 0 Å². The van der Waals surface area contributed by atoms with Gasteiger partial charge in [0.2, 0.25) is 0 Å². The van der Waals surface area contributed by atoms with Crippen molar-refractivity contribution < 1.29 is 4.79 Å². The molecule has 0 atom stereocenters. The lowest BCUT2D eigenvalue weighted by atomic mass is 9.91. The maximum Gasteiger partial charge on any atom is 0.253 e. The Balaban J connectivity index is 1.52. The topological polar surface area (TPSA) is 70.1 Å². The predicted molar refractivity (Wildman–Crippen MR) is 112 cm³/mol. The van der Waals surface area contributed by atoms with E-state index in [9.17, 15) is 4.79 Å². The number of anilines is 2. The smallest absolute Gasteiger partial charge is 0.253 e. The summed E-state index contributed by atoms with van der Waals surface area (Å²) in [5, 5.41) is 6.68. The van der Waals surface area contributed by atoms with E-state index in [1.807, 2.05) is 20.3 Å². The van der Waals surface area contributed by atoms with E-state index < -0.39 is 0 Å². The summed E-state index contributed by atoms with van der Waals surface area (Å²) in [5.74, 6) is 0.855. The molecular formula is C20H26BrN5O. The molecule has 2 aromatic heterocycles. The molecule has 0 saturated heterocycles. The number of amides is 1. The lowest BCUT2D eigenvalue weighted by Crippen LogP contribution is -2.40. The Bertz CT molecular complexity index is 803. The zero-order valence-electron chi connectivity index (χ0n) is 16.0. The number of rotatable bonds is 5. The van der Waals surface area contributed by atoms with Gasteiger partial charge in [-0.05, 0) is 60.2 Å². The van der Waals surface area contributed by atoms with Crippen LogP contribution in [0.4, 0.5) is 11.5 Å². The summed E-state index contributed by atoms with van der Waals surface area (Å²) in [7, 11) is 4.08. The average molecular weight is 432 g/mol. The minimum atomic E-state index is -0.0592. The van der Waals surface area contributed by atoms with E-state index in [0.29, 0.717) is 11.6 Å². The maximum absolute atomic E-state index is 12.4. The first-order valence-electron chi connectivity index (χ1n) is 9.24. The van der Waals surface area contributed by atoms with Gasteiger partial charge < -0.3 is 15.5 Å². The van der Waals surface area contributed by atoms with Crippen molar-refractivity contribution in [2.45, 2.75) is 44.7 Å². The van der Waals surface area contributed by atoms with E-state index in [0.717, 1.165) is 36.0 Å². The molecule has 0 aliphatic heterocycles. The summed E-state index contributed by atoms with van der Waals surface area (Å²) >= 11 is 3.35. The fourth-order valence-electron chi connectivity index (χ4n) is 3.47. The van der Waals surface area contributed by atoms with Crippen LogP contribution in [0.3, 0.4) is 0 Å². The van der Waals surface area contributed by atoms with Crippen LogP contribution in [0.2, 0.25) is 0 Å². The van der Waals surface area contributed by atoms with Crippen molar-refractivity contribution in [3.8, 4) is 0 Å². The van der Waals surface area contributed by atoms with Crippen LogP contribution in [0.1, 0.15) is 41.6 Å². The van der Waals surface area contributed by atoms with Crippen LogP contribution in [-0.4, -0.2) is 42.1 Å². The molecule has 3 rings (SSSR count). The van der Waals surface area contributed by atoms with Crippen molar-refractivity contribution in [2.24, 2.45) is 0 Å². The number of halogens is 1. The van der Waals surface area contributed by atoms with Gasteiger partial charge in [0, 0.05) is 61.0 Å². The maximum atomic E-state index is 12.4. The van der Waals surface area contributed by atoms with Crippen LogP contribution < -0.4 is 15.5 Å². The van der Waals surface area contributed by atoms with Crippen LogP contribution in [0.15, 0.2) is 35.2 Å². The monoisotopic (exact) mass is 431 g/mol. The number of aromatic nitrogens is 2. The first-order chi connectivity index (χ1) is 12.9. The molecular weight excluding hydrogens is 406 g/mol. The third kappa shape index (κ3) is 5.19. The predicted octanol–water partition coefficient (Wildman–Crippen LogP) is 3.77. The van der Waals surface area contributed by atoms with E-state index in [-0.39, 0.29) is 11.9 Å². The molecule has 1 aliphatic carbocycles. The molecule has 6 nitrogen and oxygen atoms in total. The van der Waals surface area contributed by atoms with Crippen LogP contribution in [0, 0.1) is 6.92 Å². The van der Waals surface area contributed by atoms with Gasteiger partial charge in [-0.25, -0.2) is 4.98 Å². The number of pyridine rings is 2. The van der Waals surface area contributed by atoms with Crippen LogP contribution in [-0.2, 0) is 0 Å². The molecule has 0 bridgehead atoms. The van der Waals surface area contributed by atoms with E-state index in [1.54, 1.807) is 18.5 Å². The molecule has 0 aromatic carbocycles. The highest BCUT2D eigenvalue weighted by atomic mass is 79.9. The highest BCUT2D eigenvalue weighted by Gasteiger charge is 2.23. The highest BCUT2D eigenvalue weighted by Crippen LogP contribution is 2.25. The third-order valence-corrected chi connectivity index (χ3v) is 5.37. The molecule has 1 saturated carbocycles. The Hall–Kier alpha value is -2.15. The van der Waals surface area contributed by atoms with Crippen molar-refractivity contribution >= 4 is 33.3 Å². The standard InChI is InChI=1S/C20H26BrN5O/c1-13-10-23-19(9-18(13)26(2)3)24-16-4-6-17(7-5-16)25-20(27)14-8-15(21)12-22-11-14/h8-12,16-17H,4-7H2,1-3H3,(H,23,24)(H,25,27)/t16-,17+. The highest BCUT2D eigenvalue weighted by molar-refractivity contribution is 9.10. The molecule has 2 heterocycles. The summed E-state index contributed by atoms with van der Waals surface area (Å²) in [4.78, 5) is 23.0. The number of hydrogen-bond acceptors (Lipinski definition) is 5. The van der Waals surface area contributed by atoms with Gasteiger partial charge in [0.05, 0.1) is 5.56 Å². The van der Waals surface area contributed by atoms with Gasteiger partial charge in [-0.3, -0.25) is 9.78 Å². The lowest BCUT2D eigenvalue weighted by Gasteiger charge is -2.30. The normalized spacial score (nSPS) is 19.4. The van der Waals surface area contributed by atoms with Crippen LogP contribution in [0.5, 0.6) is 0 Å². The van der Waals surface area contributed by atoms with Gasteiger partial charge in [0.1, 0.15) is 5.82 Å². The molecule has 2 aromatic rings. The Kier molecular flexibility index (Phi) is 6.31. The van der Waals surface area contributed by atoms with Crippen molar-refractivity contribution in [3.63, 3.8) is 0 Å². The molecule has 144 valence electrons. The number of nitrogens with zero attached hydrogens (tertiary/aromatic N) is 3. The van der Waals surface area contributed by atoms with E-state index >= 15 is 0 Å². The average Bonchev–Trinajstić information content (AvgIpc) is 2.64. The van der Waals surface area contributed by atoms with E-state index in [2.05, 4.69) is 54.4 Å². The second kappa shape index (κ2) is 8.69. The Labute approximate surface area is 168 Å². The lowest BCUT2D eigenvalue weighted by molar-refractivity contribution is 0.0926. The van der Waals surface area contributed by atoms with Gasteiger partial charge >= 0.3 is 0 Å². The second-order valence-corrected chi connectivity index (χ2v) is 8.22. The molecule has 1 fully saturated rings. The number of carbonyl (C=O) groups is 1. The fourth-order valence-corrected chi connectivity index (χ4v) is 3.83. The number of carbonyl (C=O) groups excluding carboxylic acids is 1. The SMILES string of the molecule is Cc1cnc(N[C@H]2CC[C@@H](NC(=O)c3cncc(Br)c3)CC2)cc1N(C)C. The summed E-state index contributed by atoms with van der Waals surface area (Å²) in [6.45, 7) is 2.07. The zero-order valence-corrected chi connectivity index (χ0v) is 17.6. The van der Waals surface area contributed by atoms with Crippen molar-refractivity contribution in [2.75, 3.05) is 24.3 Å². The van der Waals surface area contributed by atoms with Gasteiger partial charge in [-0.15, -0.1) is 0 Å². The molecule has 0 unspecified atom stereocenters. The quantitative estimate of drug-likeness (QED) is 0.753. The summed E-state index contributed by atoms with van der Waals surface area (Å²) in [5.41, 5.74) is 2.93. The van der Waals surface area contributed by atoms with Crippen molar-refractivity contribution in [1.82, 2.24) is 15.3 Å². The van der Waals surface area contributed by atoms with E-state index in [1.165, 1.54) is 11.3 Å². The fraction of sp³-hybridized carbons (Fsp3) is 0.450. The molecule has 1 amide bonds. The number of aryl methyl sites for hydroxylation is 1. The summed E-state index contributed by atoms with van der Waals surface area (Å²) < 4.78 is 0.811. The Morgan fingerprint density at radius 2 is 1.81 bits per heavy atom. The van der Waals surface area contributed by atoms with Crippen LogP contribution in [0.25, 0.3) is 0 Å². The van der Waals surface area contributed by atoms with Crippen molar-refractivity contribution in [1.29, 1.82) is 0 Å².